The molecule has 0 amide bonds. The zero-order valence-corrected chi connectivity index (χ0v) is 17.6. The average Bonchev–Trinajstić information content (AvgIpc) is 3.33. The molecule has 0 radical (unpaired) electrons. The van der Waals surface area contributed by atoms with Crippen LogP contribution in [0.4, 0.5) is 0 Å². The Morgan fingerprint density at radius 3 is 2.89 bits per heavy atom. The van der Waals surface area contributed by atoms with Gasteiger partial charge in [-0.3, -0.25) is 0 Å². The first kappa shape index (κ1) is 17.6. The summed E-state index contributed by atoms with van der Waals surface area (Å²) in [6.45, 7) is 1.96. The molecular weight excluding hydrogens is 396 g/mol. The van der Waals surface area contributed by atoms with E-state index in [0.29, 0.717) is 11.1 Å². The number of aromatic nitrogens is 3. The zero-order chi connectivity index (χ0) is 18.5. The van der Waals surface area contributed by atoms with E-state index in [0.717, 1.165) is 41.7 Å². The van der Waals surface area contributed by atoms with Gasteiger partial charge in [-0.2, -0.15) is 4.68 Å². The number of benzene rings is 1. The Labute approximate surface area is 173 Å². The number of rotatable bonds is 4. The summed E-state index contributed by atoms with van der Waals surface area (Å²) in [5, 5.41) is 7.83. The Kier molecular flexibility index (Phi) is 4.47. The lowest BCUT2D eigenvalue weighted by atomic mass is 9.96. The third-order valence-corrected chi connectivity index (χ3v) is 7.64. The second-order valence-corrected chi connectivity index (χ2v) is 9.35. The van der Waals surface area contributed by atoms with Crippen LogP contribution in [0.25, 0.3) is 11.4 Å². The number of quaternary nitrogens is 1. The molecule has 2 aliphatic rings. The van der Waals surface area contributed by atoms with Gasteiger partial charge < -0.3 is 9.47 Å². The molecule has 0 saturated heterocycles. The first-order valence-electron chi connectivity index (χ1n) is 9.43. The SMILES string of the molecule is Cn1c(-c2ccccc2Cl)nn(C[NH+]2CCc3sccc3[C@@H]2C2CC2)c1=S. The molecule has 5 rings (SSSR count). The van der Waals surface area contributed by atoms with Gasteiger partial charge in [0, 0.05) is 35.4 Å². The van der Waals surface area contributed by atoms with Crippen LogP contribution in [0.15, 0.2) is 35.7 Å². The fourth-order valence-corrected chi connectivity index (χ4v) is 5.68. The highest BCUT2D eigenvalue weighted by Crippen LogP contribution is 2.42. The summed E-state index contributed by atoms with van der Waals surface area (Å²) in [7, 11) is 1.98. The maximum absolute atomic E-state index is 6.40. The van der Waals surface area contributed by atoms with Gasteiger partial charge in [0.1, 0.15) is 6.04 Å². The largest absolute Gasteiger partial charge is 0.310 e. The van der Waals surface area contributed by atoms with E-state index in [-0.39, 0.29) is 0 Å². The molecule has 1 aliphatic heterocycles. The van der Waals surface area contributed by atoms with Gasteiger partial charge >= 0.3 is 0 Å². The van der Waals surface area contributed by atoms with Gasteiger partial charge in [0.05, 0.1) is 11.6 Å². The van der Waals surface area contributed by atoms with Crippen LogP contribution in [0.2, 0.25) is 5.02 Å². The summed E-state index contributed by atoms with van der Waals surface area (Å²) in [5.74, 6) is 1.65. The van der Waals surface area contributed by atoms with Crippen molar-refractivity contribution in [3.05, 3.63) is 55.9 Å². The van der Waals surface area contributed by atoms with Gasteiger partial charge in [-0.05, 0) is 48.6 Å². The van der Waals surface area contributed by atoms with E-state index in [1.54, 1.807) is 15.3 Å². The number of hydrogen-bond acceptors (Lipinski definition) is 3. The highest BCUT2D eigenvalue weighted by molar-refractivity contribution is 7.71. The minimum absolute atomic E-state index is 0.590. The van der Waals surface area contributed by atoms with Crippen molar-refractivity contribution < 1.29 is 4.90 Å². The van der Waals surface area contributed by atoms with Gasteiger partial charge in [0.25, 0.3) is 0 Å². The first-order valence-corrected chi connectivity index (χ1v) is 11.1. The van der Waals surface area contributed by atoms with Crippen LogP contribution in [-0.4, -0.2) is 20.9 Å². The Bertz CT molecular complexity index is 1050. The van der Waals surface area contributed by atoms with E-state index in [4.69, 9.17) is 28.9 Å². The van der Waals surface area contributed by atoms with E-state index in [2.05, 4.69) is 11.4 Å². The Morgan fingerprint density at radius 2 is 2.11 bits per heavy atom. The quantitative estimate of drug-likeness (QED) is 0.652. The summed E-state index contributed by atoms with van der Waals surface area (Å²) in [6.07, 6.45) is 3.85. The highest BCUT2D eigenvalue weighted by Gasteiger charge is 2.43. The predicted molar refractivity (Wildman–Crippen MR) is 112 cm³/mol. The number of halogens is 1. The molecule has 140 valence electrons. The molecule has 3 heterocycles. The number of thiophene rings is 1. The summed E-state index contributed by atoms with van der Waals surface area (Å²) in [5.41, 5.74) is 2.50. The maximum atomic E-state index is 6.40. The molecule has 3 aromatic rings. The van der Waals surface area contributed by atoms with Crippen LogP contribution in [0.1, 0.15) is 29.3 Å². The van der Waals surface area contributed by atoms with Crippen LogP contribution >= 0.6 is 35.2 Å². The van der Waals surface area contributed by atoms with E-state index < -0.39 is 0 Å². The predicted octanol–water partition coefficient (Wildman–Crippen LogP) is 3.88. The van der Waals surface area contributed by atoms with Crippen LogP contribution in [0.3, 0.4) is 0 Å². The second-order valence-electron chi connectivity index (χ2n) is 7.58. The van der Waals surface area contributed by atoms with Gasteiger partial charge in [-0.1, -0.05) is 23.7 Å². The molecule has 27 heavy (non-hydrogen) atoms. The lowest BCUT2D eigenvalue weighted by Gasteiger charge is -2.32. The molecule has 1 aliphatic carbocycles. The fourth-order valence-electron chi connectivity index (χ4n) is 4.33. The van der Waals surface area contributed by atoms with Crippen molar-refractivity contribution in [1.29, 1.82) is 0 Å². The number of hydrogen-bond donors (Lipinski definition) is 1. The van der Waals surface area contributed by atoms with Gasteiger partial charge in [0.15, 0.2) is 12.5 Å². The maximum Gasteiger partial charge on any atom is 0.202 e. The topological polar surface area (TPSA) is 27.2 Å². The Balaban J connectivity index is 1.49. The Morgan fingerprint density at radius 1 is 1.30 bits per heavy atom. The van der Waals surface area contributed by atoms with Crippen molar-refractivity contribution in [3.8, 4) is 11.4 Å². The standard InChI is InChI=1S/C20H21ClN4S2/c1-23-19(14-4-2-3-5-16(14)21)22-25(20(23)26)12-24-10-8-17-15(9-11-27-17)18(24)13-6-7-13/h2-5,9,11,13,18H,6-8,10,12H2,1H3/p+1/t18-/m0/s1. The minimum atomic E-state index is 0.590. The van der Waals surface area contributed by atoms with Crippen molar-refractivity contribution in [2.75, 3.05) is 6.54 Å². The van der Waals surface area contributed by atoms with Crippen LogP contribution in [0, 0.1) is 10.7 Å². The first-order chi connectivity index (χ1) is 13.1. The lowest BCUT2D eigenvalue weighted by molar-refractivity contribution is -0.958. The number of nitrogens with one attached hydrogen (secondary N) is 1. The highest BCUT2D eigenvalue weighted by atomic mass is 35.5. The smallest absolute Gasteiger partial charge is 0.202 e. The molecule has 1 N–H and O–H groups in total. The normalized spacial score (nSPS) is 22.0. The molecule has 2 atom stereocenters. The molecule has 4 nitrogen and oxygen atoms in total. The van der Waals surface area contributed by atoms with E-state index in [9.17, 15) is 0 Å². The van der Waals surface area contributed by atoms with Crippen LogP contribution < -0.4 is 4.90 Å². The third kappa shape index (κ3) is 3.09. The molecule has 2 aromatic heterocycles. The van der Waals surface area contributed by atoms with E-state index >= 15 is 0 Å². The Hall–Kier alpha value is -1.47. The zero-order valence-electron chi connectivity index (χ0n) is 15.2. The minimum Gasteiger partial charge on any atom is -0.310 e. The van der Waals surface area contributed by atoms with Crippen LogP contribution in [-0.2, 0) is 20.1 Å². The number of fused-ring (bicyclic) bond motifs is 1. The molecule has 1 fully saturated rings. The monoisotopic (exact) mass is 417 g/mol. The van der Waals surface area contributed by atoms with Crippen molar-refractivity contribution in [3.63, 3.8) is 0 Å². The average molecular weight is 418 g/mol. The molecule has 1 unspecified atom stereocenters. The molecule has 1 aromatic carbocycles. The summed E-state index contributed by atoms with van der Waals surface area (Å²) in [4.78, 5) is 3.17. The number of nitrogens with zero attached hydrogens (tertiary/aromatic N) is 3. The van der Waals surface area contributed by atoms with Crippen LogP contribution in [0.5, 0.6) is 0 Å². The molecular formula is C20H22ClN4S2+. The van der Waals surface area contributed by atoms with Gasteiger partial charge in [-0.15, -0.1) is 16.4 Å². The van der Waals surface area contributed by atoms with E-state index in [1.165, 1.54) is 12.8 Å². The summed E-state index contributed by atoms with van der Waals surface area (Å²) >= 11 is 14.0. The summed E-state index contributed by atoms with van der Waals surface area (Å²) < 4.78 is 4.72. The van der Waals surface area contributed by atoms with Gasteiger partial charge in [0.2, 0.25) is 4.77 Å². The van der Waals surface area contributed by atoms with Crippen molar-refractivity contribution in [2.24, 2.45) is 13.0 Å². The van der Waals surface area contributed by atoms with Crippen molar-refractivity contribution >= 4 is 35.2 Å². The summed E-state index contributed by atoms with van der Waals surface area (Å²) in [6, 6.07) is 10.8. The van der Waals surface area contributed by atoms with Gasteiger partial charge in [-0.25, -0.2) is 0 Å². The second kappa shape index (κ2) is 6.85. The van der Waals surface area contributed by atoms with Crippen molar-refractivity contribution in [2.45, 2.75) is 32.0 Å². The molecule has 1 saturated carbocycles. The lowest BCUT2D eigenvalue weighted by Crippen LogP contribution is -3.13. The molecule has 0 bridgehead atoms. The molecule has 0 spiro atoms. The fraction of sp³-hybridized carbons (Fsp3) is 0.400. The van der Waals surface area contributed by atoms with Crippen molar-refractivity contribution in [1.82, 2.24) is 14.3 Å². The molecule has 7 heteroatoms. The van der Waals surface area contributed by atoms with E-state index in [1.807, 2.05) is 51.9 Å². The third-order valence-electron chi connectivity index (χ3n) is 5.83.